The van der Waals surface area contributed by atoms with Crippen LogP contribution < -0.4 is 5.32 Å². The fourth-order valence-corrected chi connectivity index (χ4v) is 2.55. The highest BCUT2D eigenvalue weighted by Gasteiger charge is 2.08. The first kappa shape index (κ1) is 17.3. The summed E-state index contributed by atoms with van der Waals surface area (Å²) in [6, 6.07) is 13.7. The molecular formula is C18H17BrFNO2. The summed E-state index contributed by atoms with van der Waals surface area (Å²) in [6.45, 7) is 0.455. The lowest BCUT2D eigenvalue weighted by atomic mass is 10.1. The normalized spacial score (nSPS) is 10.3. The molecule has 120 valence electrons. The van der Waals surface area contributed by atoms with E-state index in [0.717, 1.165) is 5.56 Å². The molecule has 0 saturated heterocycles. The van der Waals surface area contributed by atoms with Gasteiger partial charge in [-0.3, -0.25) is 9.59 Å². The molecule has 0 aliphatic heterocycles. The van der Waals surface area contributed by atoms with Crippen LogP contribution in [-0.2, 0) is 11.2 Å². The van der Waals surface area contributed by atoms with E-state index in [9.17, 15) is 14.0 Å². The quantitative estimate of drug-likeness (QED) is 0.743. The number of amides is 1. The van der Waals surface area contributed by atoms with Crippen molar-refractivity contribution in [2.45, 2.75) is 19.3 Å². The van der Waals surface area contributed by atoms with Crippen molar-refractivity contribution >= 4 is 27.6 Å². The molecule has 23 heavy (non-hydrogen) atoms. The number of nitrogens with one attached hydrogen (secondary N) is 1. The van der Waals surface area contributed by atoms with Gasteiger partial charge in [0.15, 0.2) is 5.78 Å². The predicted molar refractivity (Wildman–Crippen MR) is 90.8 cm³/mol. The fraction of sp³-hybridized carbons (Fsp3) is 0.222. The third kappa shape index (κ3) is 5.60. The molecule has 0 bridgehead atoms. The van der Waals surface area contributed by atoms with E-state index in [1.165, 1.54) is 6.07 Å². The van der Waals surface area contributed by atoms with Crippen molar-refractivity contribution in [2.24, 2.45) is 0 Å². The monoisotopic (exact) mass is 377 g/mol. The maximum Gasteiger partial charge on any atom is 0.220 e. The zero-order valence-corrected chi connectivity index (χ0v) is 14.1. The first-order valence-corrected chi connectivity index (χ1v) is 8.14. The molecule has 0 unspecified atom stereocenters. The van der Waals surface area contributed by atoms with Gasteiger partial charge in [0, 0.05) is 24.9 Å². The molecule has 2 aromatic rings. The van der Waals surface area contributed by atoms with Crippen LogP contribution >= 0.6 is 15.9 Å². The molecular weight excluding hydrogens is 361 g/mol. The SMILES string of the molecule is O=C(CCC(=O)c1ccccc1)NCCc1ccc(F)c(Br)c1. The number of ketones is 1. The maximum absolute atomic E-state index is 13.1. The molecule has 5 heteroatoms. The van der Waals surface area contributed by atoms with E-state index in [2.05, 4.69) is 21.2 Å². The first-order chi connectivity index (χ1) is 11.1. The van der Waals surface area contributed by atoms with Crippen LogP contribution in [0.1, 0.15) is 28.8 Å². The Labute approximate surface area is 143 Å². The summed E-state index contributed by atoms with van der Waals surface area (Å²) in [5.74, 6) is -0.504. The highest BCUT2D eigenvalue weighted by Crippen LogP contribution is 2.16. The van der Waals surface area contributed by atoms with Gasteiger partial charge in [0.25, 0.3) is 0 Å². The summed E-state index contributed by atoms with van der Waals surface area (Å²) >= 11 is 3.13. The zero-order valence-electron chi connectivity index (χ0n) is 12.5. The third-order valence-electron chi connectivity index (χ3n) is 3.39. The molecule has 1 N–H and O–H groups in total. The van der Waals surface area contributed by atoms with Crippen molar-refractivity contribution in [3.05, 3.63) is 69.9 Å². The van der Waals surface area contributed by atoms with E-state index in [0.29, 0.717) is 23.0 Å². The number of hydrogen-bond donors (Lipinski definition) is 1. The van der Waals surface area contributed by atoms with Gasteiger partial charge in [0.1, 0.15) is 5.82 Å². The molecule has 1 amide bonds. The van der Waals surface area contributed by atoms with Crippen LogP contribution in [0.15, 0.2) is 53.0 Å². The molecule has 0 aromatic heterocycles. The molecule has 0 atom stereocenters. The van der Waals surface area contributed by atoms with Crippen molar-refractivity contribution < 1.29 is 14.0 Å². The first-order valence-electron chi connectivity index (χ1n) is 7.35. The second kappa shape index (κ2) is 8.58. The van der Waals surface area contributed by atoms with Crippen LogP contribution in [0.4, 0.5) is 4.39 Å². The van der Waals surface area contributed by atoms with Gasteiger partial charge in [-0.1, -0.05) is 36.4 Å². The van der Waals surface area contributed by atoms with Gasteiger partial charge < -0.3 is 5.32 Å². The zero-order chi connectivity index (χ0) is 16.7. The summed E-state index contributed by atoms with van der Waals surface area (Å²) in [6.07, 6.45) is 0.968. The highest BCUT2D eigenvalue weighted by molar-refractivity contribution is 9.10. The fourth-order valence-electron chi connectivity index (χ4n) is 2.13. The summed E-state index contributed by atoms with van der Waals surface area (Å²) in [7, 11) is 0. The van der Waals surface area contributed by atoms with E-state index in [1.807, 2.05) is 6.07 Å². The van der Waals surface area contributed by atoms with Crippen molar-refractivity contribution in [1.29, 1.82) is 0 Å². The average Bonchev–Trinajstić information content (AvgIpc) is 2.56. The Hall–Kier alpha value is -2.01. The van der Waals surface area contributed by atoms with Crippen molar-refractivity contribution in [1.82, 2.24) is 5.32 Å². The van der Waals surface area contributed by atoms with Crippen LogP contribution in [0.3, 0.4) is 0 Å². The molecule has 0 fully saturated rings. The summed E-state index contributed by atoms with van der Waals surface area (Å²) in [5, 5.41) is 2.77. The topological polar surface area (TPSA) is 46.2 Å². The van der Waals surface area contributed by atoms with Gasteiger partial charge >= 0.3 is 0 Å². The summed E-state index contributed by atoms with van der Waals surface area (Å²) in [4.78, 5) is 23.7. The number of hydrogen-bond acceptors (Lipinski definition) is 2. The van der Waals surface area contributed by atoms with Gasteiger partial charge in [0.05, 0.1) is 4.47 Å². The molecule has 2 rings (SSSR count). The van der Waals surface area contributed by atoms with E-state index < -0.39 is 0 Å². The number of carbonyl (C=O) groups is 2. The van der Waals surface area contributed by atoms with Crippen molar-refractivity contribution in [3.8, 4) is 0 Å². The van der Waals surface area contributed by atoms with Crippen LogP contribution in [0.25, 0.3) is 0 Å². The van der Waals surface area contributed by atoms with Crippen LogP contribution in [0.5, 0.6) is 0 Å². The van der Waals surface area contributed by atoms with Gasteiger partial charge in [0.2, 0.25) is 5.91 Å². The number of halogens is 2. The summed E-state index contributed by atoms with van der Waals surface area (Å²) < 4.78 is 13.5. The van der Waals surface area contributed by atoms with E-state index in [4.69, 9.17) is 0 Å². The Morgan fingerprint density at radius 1 is 1.04 bits per heavy atom. The second-order valence-electron chi connectivity index (χ2n) is 5.14. The van der Waals surface area contributed by atoms with Crippen LogP contribution in [0.2, 0.25) is 0 Å². The van der Waals surface area contributed by atoms with E-state index in [1.54, 1.807) is 36.4 Å². The van der Waals surface area contributed by atoms with Crippen LogP contribution in [-0.4, -0.2) is 18.2 Å². The molecule has 0 spiro atoms. The third-order valence-corrected chi connectivity index (χ3v) is 4.00. The Morgan fingerprint density at radius 3 is 2.48 bits per heavy atom. The lowest BCUT2D eigenvalue weighted by molar-refractivity contribution is -0.121. The molecule has 0 radical (unpaired) electrons. The minimum absolute atomic E-state index is 0.0387. The maximum atomic E-state index is 13.1. The molecule has 0 saturated carbocycles. The Kier molecular flexibility index (Phi) is 6.47. The van der Waals surface area contributed by atoms with Gasteiger partial charge in [-0.15, -0.1) is 0 Å². The largest absolute Gasteiger partial charge is 0.356 e. The smallest absolute Gasteiger partial charge is 0.220 e. The minimum Gasteiger partial charge on any atom is -0.356 e. The Balaban J connectivity index is 1.71. The van der Waals surface area contributed by atoms with Gasteiger partial charge in [-0.25, -0.2) is 4.39 Å². The van der Waals surface area contributed by atoms with Crippen molar-refractivity contribution in [2.75, 3.05) is 6.54 Å². The average molecular weight is 378 g/mol. The molecule has 0 heterocycles. The van der Waals surface area contributed by atoms with E-state index >= 15 is 0 Å². The standard InChI is InChI=1S/C18H17BrFNO2/c19-15-12-13(6-7-16(15)20)10-11-21-18(23)9-8-17(22)14-4-2-1-3-5-14/h1-7,12H,8-11H2,(H,21,23). The lowest BCUT2D eigenvalue weighted by Gasteiger charge is -2.06. The predicted octanol–water partition coefficient (Wildman–Crippen LogP) is 3.91. The molecule has 2 aromatic carbocycles. The Bertz CT molecular complexity index is 689. The molecule has 3 nitrogen and oxygen atoms in total. The second-order valence-corrected chi connectivity index (χ2v) is 5.99. The summed E-state index contributed by atoms with van der Waals surface area (Å²) in [5.41, 5.74) is 1.55. The number of Topliss-reactive ketones (excluding diaryl/α,β-unsaturated/α-hetero) is 1. The number of carbonyl (C=O) groups excluding carboxylic acids is 2. The Morgan fingerprint density at radius 2 is 1.78 bits per heavy atom. The van der Waals surface area contributed by atoms with E-state index in [-0.39, 0.29) is 30.3 Å². The minimum atomic E-state index is -0.308. The lowest BCUT2D eigenvalue weighted by Crippen LogP contribution is -2.26. The van der Waals surface area contributed by atoms with Gasteiger partial charge in [-0.05, 0) is 40.0 Å². The molecule has 0 aliphatic rings. The molecule has 0 aliphatic carbocycles. The highest BCUT2D eigenvalue weighted by atomic mass is 79.9. The number of rotatable bonds is 7. The van der Waals surface area contributed by atoms with Gasteiger partial charge in [-0.2, -0.15) is 0 Å². The van der Waals surface area contributed by atoms with Crippen LogP contribution in [0, 0.1) is 5.82 Å². The van der Waals surface area contributed by atoms with Crippen molar-refractivity contribution in [3.63, 3.8) is 0 Å². The number of benzene rings is 2.